The van der Waals surface area contributed by atoms with Crippen molar-refractivity contribution in [2.24, 2.45) is 0 Å². The van der Waals surface area contributed by atoms with E-state index in [0.717, 1.165) is 0 Å². The van der Waals surface area contributed by atoms with Crippen molar-refractivity contribution in [3.05, 3.63) is 20.8 Å². The van der Waals surface area contributed by atoms with Gasteiger partial charge in [-0.2, -0.15) is 0 Å². The standard InChI is InChI=1S/C12H20BrNS/c1-4-6-10(5-2)14-9(3)12-11(13)7-8-15-12/h7-10,14H,4-6H2,1-3H3. The molecule has 1 nitrogen and oxygen atoms in total. The predicted molar refractivity (Wildman–Crippen MR) is 72.6 cm³/mol. The highest BCUT2D eigenvalue weighted by molar-refractivity contribution is 9.10. The topological polar surface area (TPSA) is 12.0 Å². The van der Waals surface area contributed by atoms with Crippen molar-refractivity contribution < 1.29 is 0 Å². The molecule has 0 aliphatic carbocycles. The highest BCUT2D eigenvalue weighted by Gasteiger charge is 2.14. The second kappa shape index (κ2) is 6.66. The van der Waals surface area contributed by atoms with E-state index < -0.39 is 0 Å². The molecule has 15 heavy (non-hydrogen) atoms. The Morgan fingerprint density at radius 3 is 2.67 bits per heavy atom. The van der Waals surface area contributed by atoms with Gasteiger partial charge in [-0.25, -0.2) is 0 Å². The number of rotatable bonds is 6. The van der Waals surface area contributed by atoms with Gasteiger partial charge in [0.1, 0.15) is 0 Å². The molecule has 0 amide bonds. The predicted octanol–water partition coefficient (Wildman–Crippen LogP) is 4.74. The third kappa shape index (κ3) is 3.89. The van der Waals surface area contributed by atoms with Gasteiger partial charge in [-0.05, 0) is 47.1 Å². The summed E-state index contributed by atoms with van der Waals surface area (Å²) in [5, 5.41) is 5.83. The molecule has 0 saturated carbocycles. The van der Waals surface area contributed by atoms with Gasteiger partial charge in [-0.15, -0.1) is 11.3 Å². The van der Waals surface area contributed by atoms with Crippen LogP contribution in [0.4, 0.5) is 0 Å². The Balaban J connectivity index is 2.54. The van der Waals surface area contributed by atoms with Crippen LogP contribution < -0.4 is 5.32 Å². The molecule has 0 aliphatic rings. The van der Waals surface area contributed by atoms with Crippen molar-refractivity contribution in [3.63, 3.8) is 0 Å². The van der Waals surface area contributed by atoms with E-state index in [1.54, 1.807) is 0 Å². The van der Waals surface area contributed by atoms with Crippen LogP contribution in [-0.2, 0) is 0 Å². The van der Waals surface area contributed by atoms with Crippen LogP contribution in [0.5, 0.6) is 0 Å². The molecule has 3 heteroatoms. The summed E-state index contributed by atoms with van der Waals surface area (Å²) < 4.78 is 1.24. The maximum absolute atomic E-state index is 3.69. The van der Waals surface area contributed by atoms with Gasteiger partial charge in [0.2, 0.25) is 0 Å². The zero-order chi connectivity index (χ0) is 11.3. The first-order valence-corrected chi connectivity index (χ1v) is 7.35. The summed E-state index contributed by atoms with van der Waals surface area (Å²) in [6.07, 6.45) is 3.73. The molecule has 1 aromatic heterocycles. The molecular formula is C12H20BrNS. The highest BCUT2D eigenvalue weighted by atomic mass is 79.9. The van der Waals surface area contributed by atoms with Crippen LogP contribution >= 0.6 is 27.3 Å². The zero-order valence-corrected chi connectivity index (χ0v) is 12.1. The summed E-state index contributed by atoms with van der Waals surface area (Å²) in [5.41, 5.74) is 0. The summed E-state index contributed by atoms with van der Waals surface area (Å²) >= 11 is 5.41. The Labute approximate surface area is 105 Å². The molecule has 1 aromatic rings. The lowest BCUT2D eigenvalue weighted by Crippen LogP contribution is -2.30. The molecule has 2 unspecified atom stereocenters. The van der Waals surface area contributed by atoms with Crippen molar-refractivity contribution >= 4 is 27.3 Å². The quantitative estimate of drug-likeness (QED) is 0.798. The van der Waals surface area contributed by atoms with Gasteiger partial charge in [0, 0.05) is 21.4 Å². The van der Waals surface area contributed by atoms with Gasteiger partial charge in [-0.3, -0.25) is 0 Å². The van der Waals surface area contributed by atoms with Crippen LogP contribution in [0.2, 0.25) is 0 Å². The first-order valence-electron chi connectivity index (χ1n) is 5.67. The smallest absolute Gasteiger partial charge is 0.0399 e. The molecule has 86 valence electrons. The highest BCUT2D eigenvalue weighted by Crippen LogP contribution is 2.29. The molecule has 0 fully saturated rings. The Hall–Kier alpha value is 0.140. The van der Waals surface area contributed by atoms with E-state index in [9.17, 15) is 0 Å². The van der Waals surface area contributed by atoms with Crippen molar-refractivity contribution in [3.8, 4) is 0 Å². The van der Waals surface area contributed by atoms with E-state index in [1.807, 2.05) is 11.3 Å². The first-order chi connectivity index (χ1) is 7.19. The van der Waals surface area contributed by atoms with Crippen molar-refractivity contribution in [2.45, 2.75) is 52.1 Å². The lowest BCUT2D eigenvalue weighted by Gasteiger charge is -2.21. The van der Waals surface area contributed by atoms with E-state index in [4.69, 9.17) is 0 Å². The molecule has 0 saturated heterocycles. The molecule has 0 aromatic carbocycles. The van der Waals surface area contributed by atoms with E-state index in [1.165, 1.54) is 28.6 Å². The van der Waals surface area contributed by atoms with Gasteiger partial charge >= 0.3 is 0 Å². The van der Waals surface area contributed by atoms with Crippen LogP contribution in [-0.4, -0.2) is 6.04 Å². The number of nitrogens with one attached hydrogen (secondary N) is 1. The summed E-state index contributed by atoms with van der Waals surface area (Å²) in [4.78, 5) is 1.41. The lowest BCUT2D eigenvalue weighted by molar-refractivity contribution is 0.419. The van der Waals surface area contributed by atoms with Crippen molar-refractivity contribution in [2.75, 3.05) is 0 Å². The second-order valence-corrected chi connectivity index (χ2v) is 5.72. The average Bonchev–Trinajstić information content (AvgIpc) is 2.63. The molecule has 0 bridgehead atoms. The third-order valence-corrected chi connectivity index (χ3v) is 4.71. The fraction of sp³-hybridized carbons (Fsp3) is 0.667. The van der Waals surface area contributed by atoms with Crippen molar-refractivity contribution in [1.29, 1.82) is 0 Å². The number of thiophene rings is 1. The monoisotopic (exact) mass is 289 g/mol. The van der Waals surface area contributed by atoms with E-state index in [0.29, 0.717) is 12.1 Å². The maximum Gasteiger partial charge on any atom is 0.0399 e. The largest absolute Gasteiger partial charge is 0.307 e. The van der Waals surface area contributed by atoms with Crippen LogP contribution in [0.15, 0.2) is 15.9 Å². The molecule has 1 rings (SSSR count). The normalized spacial score (nSPS) is 15.2. The summed E-state index contributed by atoms with van der Waals surface area (Å²) in [6.45, 7) is 6.74. The third-order valence-electron chi connectivity index (χ3n) is 2.65. The molecule has 1 N–H and O–H groups in total. The first kappa shape index (κ1) is 13.2. The van der Waals surface area contributed by atoms with Gasteiger partial charge in [-0.1, -0.05) is 20.3 Å². The minimum absolute atomic E-state index is 0.455. The Morgan fingerprint density at radius 1 is 1.47 bits per heavy atom. The number of halogens is 1. The number of hydrogen-bond acceptors (Lipinski definition) is 2. The van der Waals surface area contributed by atoms with Crippen LogP contribution in [0.25, 0.3) is 0 Å². The minimum Gasteiger partial charge on any atom is -0.307 e. The van der Waals surface area contributed by atoms with E-state index in [-0.39, 0.29) is 0 Å². The molecule has 1 heterocycles. The van der Waals surface area contributed by atoms with Crippen molar-refractivity contribution in [1.82, 2.24) is 5.32 Å². The van der Waals surface area contributed by atoms with Crippen LogP contribution in [0, 0.1) is 0 Å². The number of hydrogen-bond donors (Lipinski definition) is 1. The lowest BCUT2D eigenvalue weighted by atomic mass is 10.1. The average molecular weight is 290 g/mol. The van der Waals surface area contributed by atoms with Gasteiger partial charge in [0.25, 0.3) is 0 Å². The van der Waals surface area contributed by atoms with Gasteiger partial charge in [0.05, 0.1) is 0 Å². The fourth-order valence-corrected chi connectivity index (χ4v) is 3.53. The fourth-order valence-electron chi connectivity index (χ4n) is 1.80. The Morgan fingerprint density at radius 2 is 2.20 bits per heavy atom. The molecule has 0 radical (unpaired) electrons. The molecule has 0 spiro atoms. The molecule has 2 atom stereocenters. The summed E-state index contributed by atoms with van der Waals surface area (Å²) in [5.74, 6) is 0. The van der Waals surface area contributed by atoms with Gasteiger partial charge < -0.3 is 5.32 Å². The second-order valence-electron chi connectivity index (χ2n) is 3.91. The summed E-state index contributed by atoms with van der Waals surface area (Å²) in [6, 6.07) is 3.23. The van der Waals surface area contributed by atoms with E-state index >= 15 is 0 Å². The van der Waals surface area contributed by atoms with Gasteiger partial charge in [0.15, 0.2) is 0 Å². The van der Waals surface area contributed by atoms with Crippen LogP contribution in [0.1, 0.15) is 51.0 Å². The molecule has 0 aliphatic heterocycles. The van der Waals surface area contributed by atoms with Crippen LogP contribution in [0.3, 0.4) is 0 Å². The Kier molecular flexibility index (Phi) is 5.87. The van der Waals surface area contributed by atoms with E-state index in [2.05, 4.69) is 53.5 Å². The molecular weight excluding hydrogens is 270 g/mol. The maximum atomic E-state index is 3.69. The SMILES string of the molecule is CCCC(CC)NC(C)c1sccc1Br. The summed E-state index contributed by atoms with van der Waals surface area (Å²) in [7, 11) is 0. The minimum atomic E-state index is 0.455. The zero-order valence-electron chi connectivity index (χ0n) is 9.72. The Bertz CT molecular complexity index is 285.